The largest absolute Gasteiger partial charge is 2.00 e. The van der Waals surface area contributed by atoms with E-state index >= 15 is 0 Å². The van der Waals surface area contributed by atoms with Crippen molar-refractivity contribution in [3.05, 3.63) is 0 Å². The zero-order chi connectivity index (χ0) is 17.4. The Labute approximate surface area is 179 Å². The second-order valence-electron chi connectivity index (χ2n) is 5.11. The van der Waals surface area contributed by atoms with Crippen LogP contribution in [0.15, 0.2) is 0 Å². The Morgan fingerprint density at radius 2 is 1.00 bits per heavy atom. The van der Waals surface area contributed by atoms with Crippen LogP contribution in [0.2, 0.25) is 0 Å². The molecule has 0 amide bonds. The third-order valence-electron chi connectivity index (χ3n) is 3.34. The summed E-state index contributed by atoms with van der Waals surface area (Å²) in [5.41, 5.74) is 0. The van der Waals surface area contributed by atoms with Crippen LogP contribution in [0.3, 0.4) is 0 Å². The average molecular weight is 446 g/mol. The van der Waals surface area contributed by atoms with Crippen molar-refractivity contribution >= 4 is 58.3 Å². The summed E-state index contributed by atoms with van der Waals surface area (Å²) in [6.07, 6.45) is 7.47. The summed E-state index contributed by atoms with van der Waals surface area (Å²) in [6, 6.07) is 0. The van der Waals surface area contributed by atoms with E-state index in [1.165, 1.54) is 38.5 Å². The molecule has 2 nitrogen and oxygen atoms in total. The zero-order valence-electron chi connectivity index (χ0n) is 15.3. The Hall–Kier alpha value is 0.843. The maximum Gasteiger partial charge on any atom is 2.00 e. The van der Waals surface area contributed by atoms with Crippen molar-refractivity contribution in [2.45, 2.75) is 66.2 Å². The fourth-order valence-corrected chi connectivity index (χ4v) is 2.74. The minimum Gasteiger partial charge on any atom is -0.411 e. The van der Waals surface area contributed by atoms with Crippen LogP contribution in [0.1, 0.15) is 66.2 Å². The average Bonchev–Trinajstić information content (AvgIpc) is 2.48. The Morgan fingerprint density at radius 1 is 0.696 bits per heavy atom. The van der Waals surface area contributed by atoms with Gasteiger partial charge >= 0.3 is 19.5 Å². The number of nitrogens with zero attached hydrogens (tertiary/aromatic N) is 2. The molecular weight excluding hydrogens is 414 g/mol. The molecule has 0 N–H and O–H groups in total. The molecule has 0 aromatic rings. The molecule has 0 unspecified atom stereocenters. The minimum absolute atomic E-state index is 0. The SMILES string of the molecule is CCCCCN(CC)C(=S)[S-].CCCCCN(CC)C(=S)[S-].[Zn+2]. The normalized spacial score (nSPS) is 9.22. The van der Waals surface area contributed by atoms with Crippen molar-refractivity contribution in [3.63, 3.8) is 0 Å². The van der Waals surface area contributed by atoms with Gasteiger partial charge in [-0.05, 0) is 26.7 Å². The van der Waals surface area contributed by atoms with Gasteiger partial charge in [-0.3, -0.25) is 0 Å². The molecule has 132 valence electrons. The standard InChI is InChI=1S/2C8H17NS2.Zn/c2*1-3-5-6-7-9(4-2)8(10)11;/h2*3-7H2,1-2H3,(H,10,11);/q;;+2/p-2. The summed E-state index contributed by atoms with van der Waals surface area (Å²) in [7, 11) is 0. The molecule has 7 heteroatoms. The van der Waals surface area contributed by atoms with Gasteiger partial charge in [0.05, 0.1) is 0 Å². The van der Waals surface area contributed by atoms with E-state index in [9.17, 15) is 0 Å². The quantitative estimate of drug-likeness (QED) is 0.207. The molecule has 0 heterocycles. The maximum absolute atomic E-state index is 4.91. The van der Waals surface area contributed by atoms with Crippen LogP contribution in [0.4, 0.5) is 0 Å². The van der Waals surface area contributed by atoms with E-state index in [4.69, 9.17) is 49.7 Å². The Morgan fingerprint density at radius 3 is 1.17 bits per heavy atom. The monoisotopic (exact) mass is 444 g/mol. The van der Waals surface area contributed by atoms with E-state index < -0.39 is 0 Å². The molecule has 0 aromatic heterocycles. The first-order valence-electron chi connectivity index (χ1n) is 8.36. The number of unbranched alkanes of at least 4 members (excludes halogenated alkanes) is 4. The molecule has 0 saturated carbocycles. The van der Waals surface area contributed by atoms with E-state index in [1.54, 1.807) is 0 Å². The number of rotatable bonds is 10. The third kappa shape index (κ3) is 19.0. The van der Waals surface area contributed by atoms with Crippen molar-refractivity contribution in [3.8, 4) is 0 Å². The first-order valence-corrected chi connectivity index (χ1v) is 9.99. The zero-order valence-corrected chi connectivity index (χ0v) is 21.5. The van der Waals surface area contributed by atoms with Crippen molar-refractivity contribution in [2.24, 2.45) is 0 Å². The van der Waals surface area contributed by atoms with Crippen molar-refractivity contribution < 1.29 is 19.5 Å². The van der Waals surface area contributed by atoms with Gasteiger partial charge in [0.15, 0.2) is 0 Å². The Balaban J connectivity index is -0.000000333. The molecule has 0 radical (unpaired) electrons. The molecule has 23 heavy (non-hydrogen) atoms. The fourth-order valence-electron chi connectivity index (χ4n) is 1.86. The Kier molecular flexibility index (Phi) is 26.0. The molecule has 0 fully saturated rings. The van der Waals surface area contributed by atoms with Crippen LogP contribution < -0.4 is 0 Å². The summed E-state index contributed by atoms with van der Waals surface area (Å²) in [5, 5.41) is 0. The van der Waals surface area contributed by atoms with Gasteiger partial charge in [-0.25, -0.2) is 0 Å². The van der Waals surface area contributed by atoms with Gasteiger partial charge in [-0.1, -0.05) is 48.2 Å². The van der Waals surface area contributed by atoms with Gasteiger partial charge in [0.1, 0.15) is 0 Å². The number of hydrogen-bond donors (Lipinski definition) is 0. The second kappa shape index (κ2) is 20.9. The number of hydrogen-bond acceptors (Lipinski definition) is 4. The van der Waals surface area contributed by atoms with Crippen LogP contribution in [-0.4, -0.2) is 44.6 Å². The van der Waals surface area contributed by atoms with Crippen molar-refractivity contribution in [1.29, 1.82) is 0 Å². The van der Waals surface area contributed by atoms with Gasteiger partial charge in [0, 0.05) is 26.2 Å². The fraction of sp³-hybridized carbons (Fsp3) is 0.875. The Bertz CT molecular complexity index is 263. The predicted molar refractivity (Wildman–Crippen MR) is 113 cm³/mol. The summed E-state index contributed by atoms with van der Waals surface area (Å²) >= 11 is 19.6. The molecule has 0 atom stereocenters. The van der Waals surface area contributed by atoms with Gasteiger partial charge < -0.3 is 59.5 Å². The summed E-state index contributed by atoms with van der Waals surface area (Å²) in [5.74, 6) is 0. The van der Waals surface area contributed by atoms with Gasteiger partial charge in [-0.2, -0.15) is 0 Å². The minimum atomic E-state index is 0. The predicted octanol–water partition coefficient (Wildman–Crippen LogP) is 4.66. The molecule has 0 rings (SSSR count). The molecule has 0 spiro atoms. The van der Waals surface area contributed by atoms with Crippen LogP contribution in [-0.2, 0) is 44.7 Å². The van der Waals surface area contributed by atoms with Crippen LogP contribution in [0.5, 0.6) is 0 Å². The van der Waals surface area contributed by atoms with Gasteiger partial charge in [0.25, 0.3) is 0 Å². The van der Waals surface area contributed by atoms with E-state index in [2.05, 4.69) is 37.5 Å². The van der Waals surface area contributed by atoms with E-state index in [0.29, 0.717) is 8.64 Å². The smallest absolute Gasteiger partial charge is 0.411 e. The molecule has 0 aliphatic rings. The van der Waals surface area contributed by atoms with E-state index in [-0.39, 0.29) is 19.5 Å². The molecular formula is C16H32N2S4Zn. The summed E-state index contributed by atoms with van der Waals surface area (Å²) < 4.78 is 1.23. The number of thiocarbonyl (C=S) groups is 2. The van der Waals surface area contributed by atoms with Gasteiger partial charge in [0.2, 0.25) is 0 Å². The molecule has 0 bridgehead atoms. The molecule has 0 saturated heterocycles. The molecule has 0 aliphatic heterocycles. The van der Waals surface area contributed by atoms with Crippen LogP contribution >= 0.6 is 24.4 Å². The van der Waals surface area contributed by atoms with Gasteiger partial charge in [-0.15, -0.1) is 0 Å². The third-order valence-corrected chi connectivity index (χ3v) is 4.38. The van der Waals surface area contributed by atoms with Crippen LogP contribution in [0.25, 0.3) is 0 Å². The maximum atomic E-state index is 4.91. The van der Waals surface area contributed by atoms with Crippen molar-refractivity contribution in [1.82, 2.24) is 9.80 Å². The summed E-state index contributed by atoms with van der Waals surface area (Å²) in [6.45, 7) is 12.5. The first-order chi connectivity index (χ1) is 10.4. The van der Waals surface area contributed by atoms with E-state index in [0.717, 1.165) is 26.2 Å². The first kappa shape index (κ1) is 28.6. The van der Waals surface area contributed by atoms with Crippen LogP contribution in [0, 0.1) is 0 Å². The molecule has 0 aromatic carbocycles. The summed E-state index contributed by atoms with van der Waals surface area (Å²) in [4.78, 5) is 4.14. The second-order valence-corrected chi connectivity index (χ2v) is 7.17. The topological polar surface area (TPSA) is 6.48 Å². The van der Waals surface area contributed by atoms with E-state index in [1.807, 2.05) is 0 Å². The van der Waals surface area contributed by atoms with Crippen molar-refractivity contribution in [2.75, 3.05) is 26.2 Å². The molecule has 0 aliphatic carbocycles.